The van der Waals surface area contributed by atoms with E-state index in [4.69, 9.17) is 81.0 Å². The molecule has 0 saturated carbocycles. The first-order chi connectivity index (χ1) is 26.7. The lowest BCUT2D eigenvalue weighted by Gasteiger charge is -2.29. The van der Waals surface area contributed by atoms with E-state index in [1.54, 1.807) is 44.3 Å². The van der Waals surface area contributed by atoms with E-state index in [0.29, 0.717) is 34.7 Å². The molecule has 12 nitrogen and oxygen atoms in total. The van der Waals surface area contributed by atoms with Crippen LogP contribution in [0.15, 0.2) is 62.4 Å². The SMILES string of the molecule is CC(C)Oc1cc(-n2nc(C(C)(C)C)oc2=O)c(Cl)cc1Cl.CC1(C)OC(c2ccco2)CN1C(=O)C(Cl)Cl.CCc1cccc(CC)c1N(COC)C(=O)CCl. The molecule has 0 bridgehead atoms. The monoisotopic (exact) mass is 890 g/mol. The van der Waals surface area contributed by atoms with Crippen LogP contribution in [-0.4, -0.2) is 69.4 Å². The van der Waals surface area contributed by atoms with Crippen LogP contribution in [0.25, 0.3) is 5.69 Å². The number of anilines is 1. The average Bonchev–Trinajstić information content (AvgIpc) is 3.90. The number of furan rings is 1. The number of methoxy groups -OCH3 is 1. The Balaban J connectivity index is 0.000000231. The highest BCUT2D eigenvalue weighted by Crippen LogP contribution is 2.37. The Labute approximate surface area is 359 Å². The lowest BCUT2D eigenvalue weighted by Crippen LogP contribution is -2.45. The van der Waals surface area contributed by atoms with Gasteiger partial charge in [-0.3, -0.25) is 14.5 Å². The third-order valence-corrected chi connectivity index (χ3v) is 9.63. The van der Waals surface area contributed by atoms with E-state index in [1.807, 2.05) is 58.9 Å². The Morgan fingerprint density at radius 1 is 1.04 bits per heavy atom. The molecule has 1 atom stereocenters. The number of benzene rings is 2. The van der Waals surface area contributed by atoms with Gasteiger partial charge in [-0.25, -0.2) is 4.79 Å². The zero-order chi connectivity index (χ0) is 42.8. The summed E-state index contributed by atoms with van der Waals surface area (Å²) in [6.45, 7) is 17.8. The quantitative estimate of drug-likeness (QED) is 0.107. The molecule has 4 aromatic rings. The summed E-state index contributed by atoms with van der Waals surface area (Å²) in [6, 6.07) is 12.8. The molecule has 0 aliphatic carbocycles. The summed E-state index contributed by atoms with van der Waals surface area (Å²) in [5, 5.41) is 4.88. The van der Waals surface area contributed by atoms with Crippen LogP contribution in [-0.2, 0) is 37.3 Å². The number of rotatable bonds is 11. The lowest BCUT2D eigenvalue weighted by molar-refractivity contribution is -0.144. The van der Waals surface area contributed by atoms with Crippen LogP contribution < -0.4 is 15.4 Å². The predicted molar refractivity (Wildman–Crippen MR) is 226 cm³/mol. The largest absolute Gasteiger partial charge is 0.489 e. The van der Waals surface area contributed by atoms with Crippen molar-refractivity contribution >= 4 is 75.5 Å². The fourth-order valence-electron chi connectivity index (χ4n) is 5.71. The molecular formula is C40H51Cl5N4O8. The Morgan fingerprint density at radius 3 is 2.14 bits per heavy atom. The summed E-state index contributed by atoms with van der Waals surface area (Å²) >= 11 is 29.2. The maximum absolute atomic E-state index is 12.1. The van der Waals surface area contributed by atoms with Crippen molar-refractivity contribution in [1.29, 1.82) is 0 Å². The number of hydrogen-bond donors (Lipinski definition) is 0. The standard InChI is InChI=1S/C15H18Cl2N2O3.C14H20ClNO2.C11H13Cl2NO3/c1-8(2)21-12-7-11(9(16)6-10(12)17)19-14(20)22-13(18-19)15(3,4)5;1-4-11-7-6-8-12(5-2)14(11)16(10-18-3)13(17)9-15;1-11(2)14(10(15)9(12)13)6-8(17-11)7-4-3-5-16-7/h6-8H,1-5H3;6-8H,4-5,9-10H2,1-3H3;3-5,8-9H,6H2,1-2H3. The first-order valence-corrected chi connectivity index (χ1v) is 20.4. The van der Waals surface area contributed by atoms with Gasteiger partial charge in [-0.2, -0.15) is 4.68 Å². The third-order valence-electron chi connectivity index (χ3n) is 8.43. The van der Waals surface area contributed by atoms with Crippen LogP contribution in [0.5, 0.6) is 5.75 Å². The van der Waals surface area contributed by atoms with Crippen molar-refractivity contribution in [2.24, 2.45) is 0 Å². The Kier molecular flexibility index (Phi) is 17.9. The van der Waals surface area contributed by atoms with E-state index in [9.17, 15) is 14.4 Å². The highest BCUT2D eigenvalue weighted by Gasteiger charge is 2.45. The summed E-state index contributed by atoms with van der Waals surface area (Å²) in [7, 11) is 1.58. The van der Waals surface area contributed by atoms with Gasteiger partial charge in [0.25, 0.3) is 5.91 Å². The lowest BCUT2D eigenvalue weighted by atomic mass is 9.97. The molecule has 17 heteroatoms. The van der Waals surface area contributed by atoms with Crippen molar-refractivity contribution in [3.63, 3.8) is 0 Å². The molecule has 5 rings (SSSR count). The van der Waals surface area contributed by atoms with Crippen LogP contribution in [0.2, 0.25) is 10.0 Å². The van der Waals surface area contributed by atoms with E-state index < -0.39 is 16.3 Å². The normalized spacial score (nSPS) is 14.9. The summed E-state index contributed by atoms with van der Waals surface area (Å²) in [5.74, 6) is 0.322. The summed E-state index contributed by atoms with van der Waals surface area (Å²) in [5.41, 5.74) is 2.48. The molecule has 1 saturated heterocycles. The van der Waals surface area contributed by atoms with E-state index in [0.717, 1.165) is 34.3 Å². The van der Waals surface area contributed by atoms with Gasteiger partial charge in [0.2, 0.25) is 11.8 Å². The first kappa shape index (κ1) is 48.1. The molecule has 0 spiro atoms. The van der Waals surface area contributed by atoms with Gasteiger partial charge in [-0.15, -0.1) is 16.7 Å². The molecule has 2 aromatic carbocycles. The Morgan fingerprint density at radius 2 is 1.67 bits per heavy atom. The predicted octanol–water partition coefficient (Wildman–Crippen LogP) is 9.92. The smallest absolute Gasteiger partial charge is 0.442 e. The molecule has 0 radical (unpaired) electrons. The van der Waals surface area contributed by atoms with Crippen molar-refractivity contribution < 1.29 is 32.6 Å². The number of halogens is 5. The highest BCUT2D eigenvalue weighted by atomic mass is 35.5. The second-order valence-corrected chi connectivity index (χ2v) is 16.7. The van der Waals surface area contributed by atoms with Crippen molar-refractivity contribution in [3.05, 3.63) is 92.1 Å². The zero-order valence-electron chi connectivity index (χ0n) is 33.8. The molecule has 2 amide bonds. The number of carbonyl (C=O) groups is 2. The van der Waals surface area contributed by atoms with Crippen LogP contribution in [0.3, 0.4) is 0 Å². The summed E-state index contributed by atoms with van der Waals surface area (Å²) < 4.78 is 28.1. The van der Waals surface area contributed by atoms with Crippen LogP contribution in [0, 0.1) is 0 Å². The molecule has 3 heterocycles. The fraction of sp³-hybridized carbons (Fsp3) is 0.500. The Hall–Kier alpha value is -3.23. The van der Waals surface area contributed by atoms with E-state index >= 15 is 0 Å². The second-order valence-electron chi connectivity index (χ2n) is 14.6. The van der Waals surface area contributed by atoms with Gasteiger partial charge in [-0.1, -0.05) is 99.2 Å². The van der Waals surface area contributed by atoms with Crippen LogP contribution >= 0.6 is 58.0 Å². The first-order valence-electron chi connectivity index (χ1n) is 18.2. The highest BCUT2D eigenvalue weighted by molar-refractivity contribution is 6.53. The number of aromatic nitrogens is 2. The van der Waals surface area contributed by atoms with Gasteiger partial charge in [0.05, 0.1) is 40.3 Å². The number of para-hydroxylation sites is 1. The van der Waals surface area contributed by atoms with E-state index in [-0.39, 0.29) is 47.1 Å². The van der Waals surface area contributed by atoms with E-state index in [2.05, 4.69) is 18.9 Å². The molecule has 0 N–H and O–H groups in total. The van der Waals surface area contributed by atoms with Crippen molar-refractivity contribution in [3.8, 4) is 11.4 Å². The summed E-state index contributed by atoms with van der Waals surface area (Å²) in [4.78, 5) is 37.9. The molecular weight excluding hydrogens is 842 g/mol. The van der Waals surface area contributed by atoms with E-state index in [1.165, 1.54) is 11.0 Å². The zero-order valence-corrected chi connectivity index (χ0v) is 37.6. The van der Waals surface area contributed by atoms with Gasteiger partial charge in [0, 0.05) is 18.6 Å². The number of nitrogens with zero attached hydrogens (tertiary/aromatic N) is 4. The fourth-order valence-corrected chi connectivity index (χ4v) is 6.60. The van der Waals surface area contributed by atoms with Crippen molar-refractivity contribution in [1.82, 2.24) is 14.7 Å². The molecule has 314 valence electrons. The Bertz CT molecular complexity index is 1970. The molecule has 57 heavy (non-hydrogen) atoms. The number of aryl methyl sites for hydroxylation is 2. The molecule has 1 aliphatic heterocycles. The number of alkyl halides is 3. The van der Waals surface area contributed by atoms with Crippen molar-refractivity contribution in [2.45, 2.75) is 103 Å². The third kappa shape index (κ3) is 12.6. The molecule has 2 aromatic heterocycles. The van der Waals surface area contributed by atoms with Crippen LogP contribution in [0.4, 0.5) is 5.69 Å². The minimum atomic E-state index is -1.08. The van der Waals surface area contributed by atoms with Crippen molar-refractivity contribution in [2.75, 3.05) is 31.2 Å². The molecule has 1 unspecified atom stereocenters. The number of hydrogen-bond acceptors (Lipinski definition) is 9. The van der Waals surface area contributed by atoms with Gasteiger partial charge >= 0.3 is 5.76 Å². The minimum Gasteiger partial charge on any atom is -0.489 e. The van der Waals surface area contributed by atoms with Gasteiger partial charge in [0.15, 0.2) is 4.84 Å². The maximum atomic E-state index is 12.1. The summed E-state index contributed by atoms with van der Waals surface area (Å²) in [6.07, 6.45) is 2.97. The molecule has 1 aliphatic rings. The molecule has 1 fully saturated rings. The van der Waals surface area contributed by atoms with Gasteiger partial charge < -0.3 is 27.9 Å². The minimum absolute atomic E-state index is 0.0371. The second kappa shape index (κ2) is 21.2. The van der Waals surface area contributed by atoms with Gasteiger partial charge in [0.1, 0.15) is 35.9 Å². The van der Waals surface area contributed by atoms with Gasteiger partial charge in [-0.05, 0) is 69.9 Å². The number of amides is 2. The maximum Gasteiger partial charge on any atom is 0.442 e. The number of ether oxygens (including phenoxy) is 3. The topological polar surface area (TPSA) is 129 Å². The van der Waals surface area contributed by atoms with Crippen LogP contribution in [0.1, 0.15) is 91.2 Å². The number of carbonyl (C=O) groups excluding carboxylic acids is 2. The average molecular weight is 893 g/mol.